The van der Waals surface area contributed by atoms with Crippen molar-refractivity contribution in [3.05, 3.63) is 70.5 Å². The van der Waals surface area contributed by atoms with Crippen molar-refractivity contribution in [3.8, 4) is 0 Å². The summed E-state index contributed by atoms with van der Waals surface area (Å²) >= 11 is 0. The number of sulfone groups is 1. The lowest BCUT2D eigenvalue weighted by Crippen LogP contribution is -2.22. The monoisotopic (exact) mass is 335 g/mol. The van der Waals surface area contributed by atoms with Gasteiger partial charge in [-0.1, -0.05) is 24.3 Å². The van der Waals surface area contributed by atoms with Gasteiger partial charge in [-0.3, -0.25) is 4.79 Å². The van der Waals surface area contributed by atoms with Gasteiger partial charge in [0.2, 0.25) is 0 Å². The molecule has 0 atom stereocenters. The number of carbonyl (C=O) groups excluding carboxylic acids is 1. The fraction of sp³-hybridized carbons (Fsp3) is 0.235. The molecule has 0 unspecified atom stereocenters. The van der Waals surface area contributed by atoms with E-state index in [-0.39, 0.29) is 24.0 Å². The Morgan fingerprint density at radius 3 is 2.26 bits per heavy atom. The van der Waals surface area contributed by atoms with Crippen LogP contribution in [0.5, 0.6) is 0 Å². The maximum Gasteiger partial charge on any atom is 0.251 e. The largest absolute Gasteiger partial charge is 0.348 e. The van der Waals surface area contributed by atoms with E-state index in [9.17, 15) is 17.6 Å². The molecule has 0 heterocycles. The van der Waals surface area contributed by atoms with E-state index in [1.54, 1.807) is 43.3 Å². The van der Waals surface area contributed by atoms with Gasteiger partial charge < -0.3 is 5.32 Å². The van der Waals surface area contributed by atoms with Gasteiger partial charge in [0.05, 0.1) is 5.75 Å². The summed E-state index contributed by atoms with van der Waals surface area (Å²) in [4.78, 5) is 12.0. The SMILES string of the molecule is Cc1ccc(CNC(=O)c2ccc(CS(C)(=O)=O)cc2)cc1F. The van der Waals surface area contributed by atoms with Crippen LogP contribution >= 0.6 is 0 Å². The number of carbonyl (C=O) groups is 1. The first kappa shape index (κ1) is 17.1. The molecule has 0 aliphatic carbocycles. The topological polar surface area (TPSA) is 63.2 Å². The number of rotatable bonds is 5. The molecule has 0 spiro atoms. The molecule has 0 saturated heterocycles. The van der Waals surface area contributed by atoms with Gasteiger partial charge in [0.25, 0.3) is 5.91 Å². The number of halogens is 1. The normalized spacial score (nSPS) is 11.3. The van der Waals surface area contributed by atoms with E-state index in [0.717, 1.165) is 6.26 Å². The van der Waals surface area contributed by atoms with E-state index in [0.29, 0.717) is 22.3 Å². The molecule has 4 nitrogen and oxygen atoms in total. The van der Waals surface area contributed by atoms with E-state index in [2.05, 4.69) is 5.32 Å². The number of hydrogen-bond donors (Lipinski definition) is 1. The highest BCUT2D eigenvalue weighted by Crippen LogP contribution is 2.10. The lowest BCUT2D eigenvalue weighted by atomic mass is 10.1. The minimum Gasteiger partial charge on any atom is -0.348 e. The number of amides is 1. The molecule has 2 aromatic carbocycles. The zero-order valence-corrected chi connectivity index (χ0v) is 13.8. The Bertz CT molecular complexity index is 814. The quantitative estimate of drug-likeness (QED) is 0.913. The van der Waals surface area contributed by atoms with Crippen LogP contribution in [-0.2, 0) is 22.1 Å². The summed E-state index contributed by atoms with van der Waals surface area (Å²) in [5.41, 5.74) is 2.29. The molecule has 0 fully saturated rings. The summed E-state index contributed by atoms with van der Waals surface area (Å²) in [7, 11) is -3.10. The van der Waals surface area contributed by atoms with Crippen molar-refractivity contribution in [2.24, 2.45) is 0 Å². The van der Waals surface area contributed by atoms with Crippen LogP contribution in [0.25, 0.3) is 0 Å². The fourth-order valence-electron chi connectivity index (χ4n) is 2.09. The minimum absolute atomic E-state index is 0.0580. The Hall–Kier alpha value is -2.21. The molecule has 2 aromatic rings. The van der Waals surface area contributed by atoms with Gasteiger partial charge in [0.15, 0.2) is 9.84 Å². The van der Waals surface area contributed by atoms with Crippen LogP contribution in [0.2, 0.25) is 0 Å². The Morgan fingerprint density at radius 2 is 1.70 bits per heavy atom. The first-order chi connectivity index (χ1) is 10.7. The molecule has 6 heteroatoms. The molecule has 0 aliphatic heterocycles. The summed E-state index contributed by atoms with van der Waals surface area (Å²) in [5.74, 6) is -0.656. The van der Waals surface area contributed by atoms with E-state index >= 15 is 0 Å². The molecule has 23 heavy (non-hydrogen) atoms. The van der Waals surface area contributed by atoms with Gasteiger partial charge in [0, 0.05) is 18.4 Å². The molecule has 0 bridgehead atoms. The first-order valence-corrected chi connectivity index (χ1v) is 9.10. The Kier molecular flexibility index (Phi) is 5.15. The van der Waals surface area contributed by atoms with Crippen molar-refractivity contribution >= 4 is 15.7 Å². The van der Waals surface area contributed by atoms with Crippen LogP contribution < -0.4 is 5.32 Å². The Labute approximate surface area is 135 Å². The molecular formula is C17H18FNO3S. The van der Waals surface area contributed by atoms with Crippen LogP contribution in [0.3, 0.4) is 0 Å². The van der Waals surface area contributed by atoms with E-state index in [4.69, 9.17) is 0 Å². The predicted octanol–water partition coefficient (Wildman–Crippen LogP) is 2.61. The molecule has 0 aromatic heterocycles. The van der Waals surface area contributed by atoms with E-state index < -0.39 is 9.84 Å². The second kappa shape index (κ2) is 6.91. The number of hydrogen-bond acceptors (Lipinski definition) is 3. The fourth-order valence-corrected chi connectivity index (χ4v) is 2.88. The Balaban J connectivity index is 1.99. The van der Waals surface area contributed by atoms with Crippen molar-refractivity contribution in [1.29, 1.82) is 0 Å². The zero-order chi connectivity index (χ0) is 17.0. The molecule has 2 rings (SSSR count). The third-order valence-electron chi connectivity index (χ3n) is 3.33. The molecular weight excluding hydrogens is 317 g/mol. The maximum atomic E-state index is 13.4. The summed E-state index contributed by atoms with van der Waals surface area (Å²) in [6.07, 6.45) is 1.16. The van der Waals surface area contributed by atoms with Crippen molar-refractivity contribution in [3.63, 3.8) is 0 Å². The van der Waals surface area contributed by atoms with Gasteiger partial charge in [-0.2, -0.15) is 0 Å². The van der Waals surface area contributed by atoms with Crippen LogP contribution in [-0.4, -0.2) is 20.6 Å². The van der Waals surface area contributed by atoms with Gasteiger partial charge >= 0.3 is 0 Å². The first-order valence-electron chi connectivity index (χ1n) is 7.04. The minimum atomic E-state index is -3.10. The average molecular weight is 335 g/mol. The summed E-state index contributed by atoms with van der Waals surface area (Å²) in [5, 5.41) is 2.71. The van der Waals surface area contributed by atoms with Crippen LogP contribution in [0.4, 0.5) is 4.39 Å². The molecule has 1 N–H and O–H groups in total. The summed E-state index contributed by atoms with van der Waals surface area (Å²) < 4.78 is 35.9. The Morgan fingerprint density at radius 1 is 1.09 bits per heavy atom. The van der Waals surface area contributed by atoms with E-state index in [1.165, 1.54) is 6.07 Å². The van der Waals surface area contributed by atoms with Crippen LogP contribution in [0, 0.1) is 12.7 Å². The summed E-state index contributed by atoms with van der Waals surface area (Å²) in [6, 6.07) is 11.2. The number of aryl methyl sites for hydroxylation is 1. The summed E-state index contributed by atoms with van der Waals surface area (Å²) in [6.45, 7) is 1.90. The molecule has 0 aliphatic rings. The van der Waals surface area contributed by atoms with Gasteiger partial charge in [0.1, 0.15) is 5.82 Å². The predicted molar refractivity (Wildman–Crippen MR) is 87.3 cm³/mol. The van der Waals surface area contributed by atoms with Gasteiger partial charge in [-0.25, -0.2) is 12.8 Å². The average Bonchev–Trinajstić information content (AvgIpc) is 2.47. The third kappa shape index (κ3) is 5.17. The maximum absolute atomic E-state index is 13.4. The number of benzene rings is 2. The highest BCUT2D eigenvalue weighted by atomic mass is 32.2. The third-order valence-corrected chi connectivity index (χ3v) is 4.19. The molecule has 1 amide bonds. The zero-order valence-electron chi connectivity index (χ0n) is 13.0. The highest BCUT2D eigenvalue weighted by Gasteiger charge is 2.08. The molecule has 0 radical (unpaired) electrons. The number of nitrogens with one attached hydrogen (secondary N) is 1. The van der Waals surface area contributed by atoms with Crippen molar-refractivity contribution < 1.29 is 17.6 Å². The lowest BCUT2D eigenvalue weighted by Gasteiger charge is -2.07. The van der Waals surface area contributed by atoms with Crippen LogP contribution in [0.15, 0.2) is 42.5 Å². The van der Waals surface area contributed by atoms with E-state index in [1.807, 2.05) is 0 Å². The van der Waals surface area contributed by atoms with Crippen molar-refractivity contribution in [2.45, 2.75) is 19.2 Å². The van der Waals surface area contributed by atoms with Crippen molar-refractivity contribution in [1.82, 2.24) is 5.32 Å². The van der Waals surface area contributed by atoms with Gasteiger partial charge in [-0.15, -0.1) is 0 Å². The highest BCUT2D eigenvalue weighted by molar-refractivity contribution is 7.89. The smallest absolute Gasteiger partial charge is 0.251 e. The van der Waals surface area contributed by atoms with Gasteiger partial charge in [-0.05, 0) is 41.8 Å². The second-order valence-corrected chi connectivity index (χ2v) is 7.67. The molecule has 0 saturated carbocycles. The van der Waals surface area contributed by atoms with Crippen LogP contribution in [0.1, 0.15) is 27.0 Å². The molecule has 122 valence electrons. The second-order valence-electron chi connectivity index (χ2n) is 5.53. The lowest BCUT2D eigenvalue weighted by molar-refractivity contribution is 0.0951. The standard InChI is InChI=1S/C17H18FNO3S/c1-12-3-4-14(9-16(12)18)10-19-17(20)15-7-5-13(6-8-15)11-23(2,21)22/h3-9H,10-11H2,1-2H3,(H,19,20). The van der Waals surface area contributed by atoms with Crippen molar-refractivity contribution in [2.75, 3.05) is 6.26 Å².